The number of rotatable bonds is 3. The number of nitrogens with zero attached hydrogens (tertiary/aromatic N) is 2. The second-order valence-corrected chi connectivity index (χ2v) is 4.12. The summed E-state index contributed by atoms with van der Waals surface area (Å²) in [6.45, 7) is 0. The van der Waals surface area contributed by atoms with Crippen molar-refractivity contribution in [3.8, 4) is 0 Å². The van der Waals surface area contributed by atoms with Gasteiger partial charge in [-0.3, -0.25) is 4.68 Å². The highest BCUT2D eigenvalue weighted by Crippen LogP contribution is 2.29. The number of hydrogen-bond acceptors (Lipinski definition) is 2. The van der Waals surface area contributed by atoms with Gasteiger partial charge in [0.05, 0.1) is 16.8 Å². The fourth-order valence-corrected chi connectivity index (χ4v) is 2.11. The highest BCUT2D eigenvalue weighted by atomic mass is 35.5. The normalized spacial score (nSPS) is 12.7. The maximum absolute atomic E-state index is 13.4. The molecule has 0 saturated carbocycles. The Morgan fingerprint density at radius 1 is 1.41 bits per heavy atom. The number of aromatic nitrogens is 2. The fraction of sp³-hybridized carbons (Fsp3) is 0.250. The van der Waals surface area contributed by atoms with Gasteiger partial charge in [-0.2, -0.15) is 5.10 Å². The number of nitrogens with one attached hydrogen (secondary N) is 1. The lowest BCUT2D eigenvalue weighted by atomic mass is 10.0. The summed E-state index contributed by atoms with van der Waals surface area (Å²) in [5.74, 6) is -0.411. The van der Waals surface area contributed by atoms with Crippen LogP contribution in [0.15, 0.2) is 30.5 Å². The molecule has 17 heavy (non-hydrogen) atoms. The summed E-state index contributed by atoms with van der Waals surface area (Å²) < 4.78 is 15.2. The largest absolute Gasteiger partial charge is 0.308 e. The maximum atomic E-state index is 13.4. The van der Waals surface area contributed by atoms with E-state index in [9.17, 15) is 4.39 Å². The monoisotopic (exact) mass is 253 g/mol. The molecule has 0 aliphatic heterocycles. The standard InChI is InChI=1S/C12H13ClFN3/c1-15-12(10-6-7-16-17(10)2)8-4-3-5-9(14)11(8)13/h3-7,12,15H,1-2H3. The van der Waals surface area contributed by atoms with E-state index in [4.69, 9.17) is 11.6 Å². The zero-order chi connectivity index (χ0) is 12.4. The van der Waals surface area contributed by atoms with Crippen molar-refractivity contribution in [2.75, 3.05) is 7.05 Å². The molecular formula is C12H13ClFN3. The zero-order valence-corrected chi connectivity index (χ0v) is 10.4. The van der Waals surface area contributed by atoms with Crippen LogP contribution >= 0.6 is 11.6 Å². The second-order valence-electron chi connectivity index (χ2n) is 3.74. The maximum Gasteiger partial charge on any atom is 0.142 e. The van der Waals surface area contributed by atoms with Crippen LogP contribution in [0.2, 0.25) is 5.02 Å². The highest BCUT2D eigenvalue weighted by Gasteiger charge is 2.19. The van der Waals surface area contributed by atoms with Gasteiger partial charge in [-0.05, 0) is 24.7 Å². The predicted octanol–water partition coefficient (Wildman–Crippen LogP) is 2.52. The fourth-order valence-electron chi connectivity index (χ4n) is 1.87. The first kappa shape index (κ1) is 12.1. The smallest absolute Gasteiger partial charge is 0.142 e. The van der Waals surface area contributed by atoms with E-state index in [-0.39, 0.29) is 11.1 Å². The van der Waals surface area contributed by atoms with Gasteiger partial charge in [0.15, 0.2) is 0 Å². The Morgan fingerprint density at radius 3 is 2.76 bits per heavy atom. The molecule has 1 unspecified atom stereocenters. The van der Waals surface area contributed by atoms with Gasteiger partial charge >= 0.3 is 0 Å². The summed E-state index contributed by atoms with van der Waals surface area (Å²) in [7, 11) is 3.64. The molecule has 1 N–H and O–H groups in total. The molecular weight excluding hydrogens is 241 g/mol. The lowest BCUT2D eigenvalue weighted by Crippen LogP contribution is -2.21. The van der Waals surface area contributed by atoms with Gasteiger partial charge in [0.1, 0.15) is 5.82 Å². The lowest BCUT2D eigenvalue weighted by molar-refractivity contribution is 0.592. The summed E-state index contributed by atoms with van der Waals surface area (Å²) >= 11 is 5.99. The van der Waals surface area contributed by atoms with Gasteiger partial charge in [0.2, 0.25) is 0 Å². The number of halogens is 2. The van der Waals surface area contributed by atoms with Crippen molar-refractivity contribution in [3.63, 3.8) is 0 Å². The van der Waals surface area contributed by atoms with Gasteiger partial charge in [0.25, 0.3) is 0 Å². The van der Waals surface area contributed by atoms with Crippen molar-refractivity contribution in [2.45, 2.75) is 6.04 Å². The third-order valence-electron chi connectivity index (χ3n) is 2.74. The molecule has 1 atom stereocenters. The summed E-state index contributed by atoms with van der Waals surface area (Å²) in [5.41, 5.74) is 1.64. The van der Waals surface area contributed by atoms with E-state index in [0.717, 1.165) is 5.69 Å². The quantitative estimate of drug-likeness (QED) is 0.911. The Kier molecular flexibility index (Phi) is 3.45. The Bertz CT molecular complexity index is 524. The molecule has 90 valence electrons. The molecule has 0 spiro atoms. The number of hydrogen-bond donors (Lipinski definition) is 1. The molecule has 0 aliphatic carbocycles. The van der Waals surface area contributed by atoms with Gasteiger partial charge in [0, 0.05) is 13.2 Å². The molecule has 2 aromatic rings. The molecule has 1 heterocycles. The first-order valence-electron chi connectivity index (χ1n) is 5.24. The topological polar surface area (TPSA) is 29.9 Å². The van der Waals surface area contributed by atoms with Crippen LogP contribution in [0.5, 0.6) is 0 Å². The van der Waals surface area contributed by atoms with Crippen LogP contribution in [0.25, 0.3) is 0 Å². The zero-order valence-electron chi connectivity index (χ0n) is 9.61. The Balaban J connectivity index is 2.50. The average molecular weight is 254 g/mol. The van der Waals surface area contributed by atoms with E-state index >= 15 is 0 Å². The van der Waals surface area contributed by atoms with Crippen LogP contribution in [0, 0.1) is 5.82 Å². The SMILES string of the molecule is CNC(c1cccc(F)c1Cl)c1ccnn1C. The van der Waals surface area contributed by atoms with Crippen LogP contribution in [-0.4, -0.2) is 16.8 Å². The molecule has 0 bridgehead atoms. The lowest BCUT2D eigenvalue weighted by Gasteiger charge is -2.18. The summed E-state index contributed by atoms with van der Waals surface area (Å²) in [6.07, 6.45) is 1.70. The van der Waals surface area contributed by atoms with Crippen LogP contribution in [-0.2, 0) is 7.05 Å². The van der Waals surface area contributed by atoms with Crippen molar-refractivity contribution in [1.82, 2.24) is 15.1 Å². The van der Waals surface area contributed by atoms with Crippen molar-refractivity contribution >= 4 is 11.6 Å². The average Bonchev–Trinajstić information content (AvgIpc) is 2.72. The summed E-state index contributed by atoms with van der Waals surface area (Å²) in [6, 6.07) is 6.51. The second kappa shape index (κ2) is 4.85. The summed E-state index contributed by atoms with van der Waals surface area (Å²) in [5, 5.41) is 7.37. The van der Waals surface area contributed by atoms with E-state index in [1.54, 1.807) is 30.1 Å². The first-order valence-corrected chi connectivity index (χ1v) is 5.62. The van der Waals surface area contributed by atoms with Crippen molar-refractivity contribution in [1.29, 1.82) is 0 Å². The van der Waals surface area contributed by atoms with Crippen LogP contribution in [0.4, 0.5) is 4.39 Å². The van der Waals surface area contributed by atoms with Gasteiger partial charge in [-0.25, -0.2) is 4.39 Å². The predicted molar refractivity (Wildman–Crippen MR) is 65.5 cm³/mol. The Hall–Kier alpha value is -1.39. The first-order chi connectivity index (χ1) is 8.15. The van der Waals surface area contributed by atoms with Crippen LogP contribution < -0.4 is 5.32 Å². The minimum Gasteiger partial charge on any atom is -0.308 e. The van der Waals surface area contributed by atoms with E-state index in [1.165, 1.54) is 6.07 Å². The third kappa shape index (κ3) is 2.18. The minimum atomic E-state index is -0.411. The van der Waals surface area contributed by atoms with Crippen LogP contribution in [0.1, 0.15) is 17.3 Å². The Morgan fingerprint density at radius 2 is 2.18 bits per heavy atom. The molecule has 0 saturated heterocycles. The van der Waals surface area contributed by atoms with Crippen LogP contribution in [0.3, 0.4) is 0 Å². The van der Waals surface area contributed by atoms with Crippen molar-refractivity contribution in [3.05, 3.63) is 52.6 Å². The Labute approximate surface area is 104 Å². The molecule has 3 nitrogen and oxygen atoms in total. The molecule has 0 fully saturated rings. The molecule has 0 amide bonds. The number of benzene rings is 1. The van der Waals surface area contributed by atoms with E-state index in [0.29, 0.717) is 5.56 Å². The molecule has 0 aliphatic rings. The van der Waals surface area contributed by atoms with Crippen molar-refractivity contribution < 1.29 is 4.39 Å². The molecule has 2 rings (SSSR count). The summed E-state index contributed by atoms with van der Waals surface area (Å²) in [4.78, 5) is 0. The van der Waals surface area contributed by atoms with E-state index < -0.39 is 5.82 Å². The molecule has 1 aromatic heterocycles. The number of aryl methyl sites for hydroxylation is 1. The van der Waals surface area contributed by atoms with Gasteiger partial charge in [-0.1, -0.05) is 23.7 Å². The molecule has 0 radical (unpaired) electrons. The minimum absolute atomic E-state index is 0.146. The molecule has 5 heteroatoms. The van der Waals surface area contributed by atoms with E-state index in [1.807, 2.05) is 13.1 Å². The third-order valence-corrected chi connectivity index (χ3v) is 3.13. The van der Waals surface area contributed by atoms with Gasteiger partial charge in [-0.15, -0.1) is 0 Å². The highest BCUT2D eigenvalue weighted by molar-refractivity contribution is 6.31. The molecule has 1 aromatic carbocycles. The van der Waals surface area contributed by atoms with Crippen molar-refractivity contribution in [2.24, 2.45) is 7.05 Å². The van der Waals surface area contributed by atoms with E-state index in [2.05, 4.69) is 10.4 Å². The van der Waals surface area contributed by atoms with Gasteiger partial charge < -0.3 is 5.32 Å².